The van der Waals surface area contributed by atoms with E-state index in [1.807, 2.05) is 23.1 Å². The summed E-state index contributed by atoms with van der Waals surface area (Å²) in [6.45, 7) is 3.09. The number of aryl methyl sites for hydroxylation is 1. The highest BCUT2D eigenvalue weighted by atomic mass is 16.2. The highest BCUT2D eigenvalue weighted by molar-refractivity contribution is 6.09. The second kappa shape index (κ2) is 5.48. The topological polar surface area (TPSA) is 36.1 Å². The molecule has 0 saturated heterocycles. The third-order valence-corrected chi connectivity index (χ3v) is 5.81. The van der Waals surface area contributed by atoms with Crippen LogP contribution in [0.2, 0.25) is 0 Å². The Kier molecular flexibility index (Phi) is 3.24. The lowest BCUT2D eigenvalue weighted by Gasteiger charge is -2.19. The van der Waals surface area contributed by atoms with Gasteiger partial charge in [0.25, 0.3) is 5.91 Å². The average molecular weight is 330 g/mol. The van der Waals surface area contributed by atoms with Crippen molar-refractivity contribution in [2.24, 2.45) is 5.92 Å². The fourth-order valence-corrected chi connectivity index (χ4v) is 4.43. The number of hydrogen-bond acceptors (Lipinski definition) is 1. The minimum absolute atomic E-state index is 0.116. The van der Waals surface area contributed by atoms with E-state index in [0.29, 0.717) is 0 Å². The fraction of sp³-hybridized carbons (Fsp3) is 0.318. The predicted molar refractivity (Wildman–Crippen MR) is 101 cm³/mol. The molecule has 2 aliphatic rings. The number of fused-ring (bicyclic) bond motifs is 4. The monoisotopic (exact) mass is 330 g/mol. The average Bonchev–Trinajstić information content (AvgIpc) is 3.22. The predicted octanol–water partition coefficient (Wildman–Crippen LogP) is 4.50. The van der Waals surface area contributed by atoms with Gasteiger partial charge in [-0.05, 0) is 67.0 Å². The van der Waals surface area contributed by atoms with Crippen LogP contribution in [0.4, 0.5) is 5.69 Å². The molecule has 1 N–H and O–H groups in total. The molecule has 1 unspecified atom stereocenters. The number of nitrogens with one attached hydrogen (secondary N) is 1. The third kappa shape index (κ3) is 2.30. The van der Waals surface area contributed by atoms with E-state index in [0.717, 1.165) is 48.5 Å². The molecule has 3 aromatic rings. The van der Waals surface area contributed by atoms with Gasteiger partial charge in [0.15, 0.2) is 0 Å². The van der Waals surface area contributed by atoms with E-state index in [1.54, 1.807) is 0 Å². The molecule has 1 aliphatic heterocycles. The second-order valence-corrected chi connectivity index (χ2v) is 7.53. The van der Waals surface area contributed by atoms with Crippen LogP contribution in [0.3, 0.4) is 0 Å². The fourth-order valence-electron chi connectivity index (χ4n) is 4.43. The van der Waals surface area contributed by atoms with Crippen molar-refractivity contribution >= 4 is 22.5 Å². The molecule has 0 radical (unpaired) electrons. The summed E-state index contributed by atoms with van der Waals surface area (Å²) in [7, 11) is 0. The number of benzene rings is 2. The molecule has 2 aromatic carbocycles. The largest absolute Gasteiger partial charge is 0.358 e. The summed E-state index contributed by atoms with van der Waals surface area (Å²) < 4.78 is 0. The van der Waals surface area contributed by atoms with Crippen molar-refractivity contribution in [2.45, 2.75) is 32.6 Å². The molecule has 0 saturated carbocycles. The van der Waals surface area contributed by atoms with Gasteiger partial charge in [0.1, 0.15) is 0 Å². The number of para-hydroxylation sites is 1. The number of hydrogen-bond donors (Lipinski definition) is 1. The van der Waals surface area contributed by atoms with E-state index in [-0.39, 0.29) is 5.91 Å². The molecule has 3 heteroatoms. The van der Waals surface area contributed by atoms with Crippen LogP contribution in [-0.2, 0) is 19.3 Å². The number of carbonyl (C=O) groups is 1. The van der Waals surface area contributed by atoms with Crippen LogP contribution in [0.25, 0.3) is 10.9 Å². The standard InChI is InChI=1S/C22H22N2O/c1-14-6-8-19-17(12-14)18-13-16(7-9-20(18)23-19)22(25)24-11-10-15-4-2-3-5-21(15)24/h2-5,7,9,13-14,23H,6,8,10-12H2,1H3. The zero-order valence-corrected chi connectivity index (χ0v) is 14.5. The summed E-state index contributed by atoms with van der Waals surface area (Å²) in [6.07, 6.45) is 4.42. The van der Waals surface area contributed by atoms with Crippen molar-refractivity contribution in [1.29, 1.82) is 0 Å². The molecule has 3 nitrogen and oxygen atoms in total. The first-order chi connectivity index (χ1) is 12.2. The number of nitrogens with zero attached hydrogens (tertiary/aromatic N) is 1. The molecule has 1 aromatic heterocycles. The van der Waals surface area contributed by atoms with Crippen LogP contribution in [0.15, 0.2) is 42.5 Å². The molecule has 1 aliphatic carbocycles. The van der Waals surface area contributed by atoms with Gasteiger partial charge in [-0.25, -0.2) is 0 Å². The minimum Gasteiger partial charge on any atom is -0.358 e. The number of aromatic nitrogens is 1. The van der Waals surface area contributed by atoms with Gasteiger partial charge in [-0.3, -0.25) is 4.79 Å². The van der Waals surface area contributed by atoms with Gasteiger partial charge in [0.2, 0.25) is 0 Å². The first kappa shape index (κ1) is 14.8. The first-order valence-electron chi connectivity index (χ1n) is 9.24. The highest BCUT2D eigenvalue weighted by Gasteiger charge is 2.26. The Morgan fingerprint density at radius 1 is 1.16 bits per heavy atom. The Bertz CT molecular complexity index is 985. The van der Waals surface area contributed by atoms with Gasteiger partial charge in [0.05, 0.1) is 0 Å². The number of H-pyrrole nitrogens is 1. The zero-order valence-electron chi connectivity index (χ0n) is 14.5. The van der Waals surface area contributed by atoms with Crippen molar-refractivity contribution in [3.05, 3.63) is 64.8 Å². The van der Waals surface area contributed by atoms with Crippen LogP contribution < -0.4 is 4.90 Å². The van der Waals surface area contributed by atoms with Crippen molar-refractivity contribution in [2.75, 3.05) is 11.4 Å². The summed E-state index contributed by atoms with van der Waals surface area (Å²) in [6, 6.07) is 14.4. The highest BCUT2D eigenvalue weighted by Crippen LogP contribution is 2.33. The molecule has 25 heavy (non-hydrogen) atoms. The summed E-state index contributed by atoms with van der Waals surface area (Å²) >= 11 is 0. The number of aromatic amines is 1. The lowest BCUT2D eigenvalue weighted by molar-refractivity contribution is 0.0989. The lowest BCUT2D eigenvalue weighted by Crippen LogP contribution is -2.28. The third-order valence-electron chi connectivity index (χ3n) is 5.81. The molecule has 1 atom stereocenters. The first-order valence-corrected chi connectivity index (χ1v) is 9.24. The maximum atomic E-state index is 13.1. The van der Waals surface area contributed by atoms with Gasteiger partial charge in [-0.1, -0.05) is 25.1 Å². The number of rotatable bonds is 1. The SMILES string of the molecule is CC1CCc2[nH]c3ccc(C(=O)N4CCc5ccccc54)cc3c2C1. The quantitative estimate of drug-likeness (QED) is 0.701. The Balaban J connectivity index is 1.55. The van der Waals surface area contributed by atoms with E-state index in [1.165, 1.54) is 28.6 Å². The van der Waals surface area contributed by atoms with Crippen molar-refractivity contribution < 1.29 is 4.79 Å². The van der Waals surface area contributed by atoms with Crippen molar-refractivity contribution in [3.63, 3.8) is 0 Å². The molecular weight excluding hydrogens is 308 g/mol. The molecule has 1 amide bonds. The summed E-state index contributed by atoms with van der Waals surface area (Å²) in [5.74, 6) is 0.835. The summed E-state index contributed by atoms with van der Waals surface area (Å²) in [4.78, 5) is 18.6. The Labute approximate surface area is 147 Å². The molecule has 0 spiro atoms. The maximum absolute atomic E-state index is 13.1. The molecular formula is C22H22N2O. The van der Waals surface area contributed by atoms with Crippen LogP contribution in [0, 0.1) is 5.92 Å². The molecule has 5 rings (SSSR count). The summed E-state index contributed by atoms with van der Waals surface area (Å²) in [5, 5.41) is 1.24. The lowest BCUT2D eigenvalue weighted by atomic mass is 9.87. The molecule has 0 fully saturated rings. The number of carbonyl (C=O) groups excluding carboxylic acids is 1. The second-order valence-electron chi connectivity index (χ2n) is 7.53. The van der Waals surface area contributed by atoms with Gasteiger partial charge in [-0.2, -0.15) is 0 Å². The molecule has 126 valence electrons. The minimum atomic E-state index is 0.116. The van der Waals surface area contributed by atoms with Crippen molar-refractivity contribution in [1.82, 2.24) is 4.98 Å². The Hall–Kier alpha value is -2.55. The van der Waals surface area contributed by atoms with E-state index in [4.69, 9.17) is 0 Å². The maximum Gasteiger partial charge on any atom is 0.258 e. The molecule has 0 bridgehead atoms. The Morgan fingerprint density at radius 2 is 2.04 bits per heavy atom. The number of amides is 1. The van der Waals surface area contributed by atoms with Gasteiger partial charge in [-0.15, -0.1) is 0 Å². The van der Waals surface area contributed by atoms with E-state index >= 15 is 0 Å². The smallest absolute Gasteiger partial charge is 0.258 e. The van der Waals surface area contributed by atoms with Crippen LogP contribution in [0.5, 0.6) is 0 Å². The van der Waals surface area contributed by atoms with Gasteiger partial charge in [0, 0.05) is 34.4 Å². The van der Waals surface area contributed by atoms with Gasteiger partial charge < -0.3 is 9.88 Å². The van der Waals surface area contributed by atoms with E-state index in [9.17, 15) is 4.79 Å². The zero-order chi connectivity index (χ0) is 17.0. The Morgan fingerprint density at radius 3 is 2.96 bits per heavy atom. The van der Waals surface area contributed by atoms with E-state index in [2.05, 4.69) is 36.2 Å². The normalized spacial score (nSPS) is 19.1. The number of anilines is 1. The van der Waals surface area contributed by atoms with Crippen LogP contribution >= 0.6 is 0 Å². The van der Waals surface area contributed by atoms with Gasteiger partial charge >= 0.3 is 0 Å². The van der Waals surface area contributed by atoms with Crippen molar-refractivity contribution in [3.8, 4) is 0 Å². The van der Waals surface area contributed by atoms with Crippen LogP contribution in [0.1, 0.15) is 40.5 Å². The summed E-state index contributed by atoms with van der Waals surface area (Å²) in [5.41, 5.74) is 7.08. The molecule has 2 heterocycles. The van der Waals surface area contributed by atoms with Crippen LogP contribution in [-0.4, -0.2) is 17.4 Å². The van der Waals surface area contributed by atoms with E-state index < -0.39 is 0 Å².